The van der Waals surface area contributed by atoms with Gasteiger partial charge in [-0.1, -0.05) is 12.1 Å². The number of hydrogen-bond acceptors (Lipinski definition) is 5. The molecule has 0 bridgehead atoms. The topological polar surface area (TPSA) is 101 Å². The molecular weight excluding hydrogens is 404 g/mol. The maximum Gasteiger partial charge on any atom is 0.344 e. The predicted molar refractivity (Wildman–Crippen MR) is 95.1 cm³/mol. The molecule has 2 aromatic rings. The molecule has 1 aromatic heterocycles. The molecule has 0 aliphatic carbocycles. The van der Waals surface area contributed by atoms with Crippen LogP contribution in [-0.4, -0.2) is 34.9 Å². The summed E-state index contributed by atoms with van der Waals surface area (Å²) < 4.78 is 5.70. The first-order chi connectivity index (χ1) is 12.3. The largest absolute Gasteiger partial charge is 0.497 e. The van der Waals surface area contributed by atoms with Crippen molar-refractivity contribution in [1.82, 2.24) is 20.7 Å². The fourth-order valence-electron chi connectivity index (χ4n) is 2.56. The number of hydrazine groups is 1. The lowest BCUT2D eigenvalue weighted by molar-refractivity contribution is -0.132. The quantitative estimate of drug-likeness (QED) is 0.739. The maximum atomic E-state index is 12.8. The fourth-order valence-corrected chi connectivity index (χ4v) is 2.93. The number of pyridine rings is 1. The third-order valence-electron chi connectivity index (χ3n) is 4.04. The van der Waals surface area contributed by atoms with E-state index in [-0.39, 0.29) is 5.56 Å². The number of rotatable bonds is 4. The molecule has 4 amide bonds. The molecule has 26 heavy (non-hydrogen) atoms. The number of carbonyl (C=O) groups excluding carboxylic acids is 3. The van der Waals surface area contributed by atoms with Crippen molar-refractivity contribution >= 4 is 33.8 Å². The van der Waals surface area contributed by atoms with Crippen molar-refractivity contribution < 1.29 is 19.1 Å². The van der Waals surface area contributed by atoms with Crippen molar-refractivity contribution in [3.05, 3.63) is 58.3 Å². The molecule has 1 atom stereocenters. The molecule has 0 unspecified atom stereocenters. The van der Waals surface area contributed by atoms with E-state index in [1.807, 2.05) is 0 Å². The van der Waals surface area contributed by atoms with Crippen LogP contribution in [0, 0.1) is 0 Å². The first kappa shape index (κ1) is 17.9. The monoisotopic (exact) mass is 418 g/mol. The number of ether oxygens (including phenoxy) is 1. The number of benzene rings is 1. The molecular formula is C17H15BrN4O4. The Morgan fingerprint density at radius 1 is 1.27 bits per heavy atom. The lowest BCUT2D eigenvalue weighted by Crippen LogP contribution is -2.47. The highest BCUT2D eigenvalue weighted by atomic mass is 79.9. The minimum absolute atomic E-state index is 0.207. The average Bonchev–Trinajstić information content (AvgIpc) is 2.86. The number of carbonyl (C=O) groups is 3. The minimum atomic E-state index is -1.30. The third kappa shape index (κ3) is 3.13. The first-order valence-electron chi connectivity index (χ1n) is 7.58. The smallest absolute Gasteiger partial charge is 0.344 e. The molecule has 1 aliphatic rings. The maximum absolute atomic E-state index is 12.8. The summed E-state index contributed by atoms with van der Waals surface area (Å²) >= 11 is 3.21. The molecule has 3 rings (SSSR count). The minimum Gasteiger partial charge on any atom is -0.497 e. The van der Waals surface area contributed by atoms with Gasteiger partial charge in [-0.15, -0.1) is 0 Å². The molecule has 134 valence electrons. The van der Waals surface area contributed by atoms with Gasteiger partial charge >= 0.3 is 6.03 Å². The van der Waals surface area contributed by atoms with Gasteiger partial charge in [0.25, 0.3) is 11.8 Å². The Balaban J connectivity index is 1.83. The van der Waals surface area contributed by atoms with Crippen molar-refractivity contribution in [1.29, 1.82) is 0 Å². The zero-order chi connectivity index (χ0) is 18.9. The Labute approximate surface area is 157 Å². The number of hydrogen-bond donors (Lipinski definition) is 2. The number of halogens is 1. The molecule has 1 aromatic carbocycles. The summed E-state index contributed by atoms with van der Waals surface area (Å²) in [5.74, 6) is -0.591. The summed E-state index contributed by atoms with van der Waals surface area (Å²) in [5.41, 5.74) is 1.79. The Hall–Kier alpha value is -2.94. The molecule has 2 heterocycles. The van der Waals surface area contributed by atoms with Crippen molar-refractivity contribution in [3.8, 4) is 5.75 Å². The average molecular weight is 419 g/mol. The fraction of sp³-hybridized carbons (Fsp3) is 0.176. The molecule has 9 heteroatoms. The number of amides is 4. The zero-order valence-corrected chi connectivity index (χ0v) is 15.5. The Morgan fingerprint density at radius 2 is 1.96 bits per heavy atom. The predicted octanol–water partition coefficient (Wildman–Crippen LogP) is 1.96. The van der Waals surface area contributed by atoms with E-state index in [0.717, 1.165) is 0 Å². The van der Waals surface area contributed by atoms with Crippen LogP contribution in [0.15, 0.2) is 47.2 Å². The van der Waals surface area contributed by atoms with Gasteiger partial charge in [0.1, 0.15) is 11.3 Å². The van der Waals surface area contributed by atoms with Crippen molar-refractivity contribution in [2.75, 3.05) is 7.11 Å². The van der Waals surface area contributed by atoms with E-state index in [0.29, 0.717) is 20.8 Å². The second kappa shape index (κ2) is 6.75. The van der Waals surface area contributed by atoms with E-state index in [9.17, 15) is 14.4 Å². The molecule has 0 spiro atoms. The molecule has 1 saturated heterocycles. The van der Waals surface area contributed by atoms with Gasteiger partial charge in [-0.05, 0) is 46.6 Å². The van der Waals surface area contributed by atoms with Gasteiger partial charge in [-0.3, -0.25) is 20.0 Å². The number of nitrogens with one attached hydrogen (secondary N) is 2. The van der Waals surface area contributed by atoms with Gasteiger partial charge in [0.05, 0.1) is 12.7 Å². The summed E-state index contributed by atoms with van der Waals surface area (Å²) in [4.78, 5) is 41.3. The van der Waals surface area contributed by atoms with Gasteiger partial charge < -0.3 is 10.1 Å². The van der Waals surface area contributed by atoms with E-state index in [1.54, 1.807) is 31.2 Å². The second-order valence-electron chi connectivity index (χ2n) is 5.76. The van der Waals surface area contributed by atoms with Crippen LogP contribution < -0.4 is 15.5 Å². The number of imide groups is 1. The summed E-state index contributed by atoms with van der Waals surface area (Å²) in [6.07, 6.45) is 2.85. The molecule has 1 fully saturated rings. The number of methoxy groups -OCH3 is 1. The molecule has 0 saturated carbocycles. The van der Waals surface area contributed by atoms with Crippen LogP contribution in [0.5, 0.6) is 5.75 Å². The Morgan fingerprint density at radius 3 is 2.58 bits per heavy atom. The van der Waals surface area contributed by atoms with E-state index >= 15 is 0 Å². The SMILES string of the molecule is COc1ccc([C@]2(C)NC(=O)N(NC(=O)c3cncc(Br)c3)C2=O)cc1. The van der Waals surface area contributed by atoms with Crippen LogP contribution in [0.3, 0.4) is 0 Å². The molecule has 1 aliphatic heterocycles. The normalized spacial score (nSPS) is 19.3. The van der Waals surface area contributed by atoms with E-state index < -0.39 is 23.4 Å². The van der Waals surface area contributed by atoms with E-state index in [1.165, 1.54) is 25.6 Å². The van der Waals surface area contributed by atoms with Gasteiger partial charge in [-0.2, -0.15) is 5.01 Å². The number of urea groups is 1. The van der Waals surface area contributed by atoms with E-state index in [2.05, 4.69) is 31.7 Å². The van der Waals surface area contributed by atoms with Crippen LogP contribution >= 0.6 is 15.9 Å². The highest BCUT2D eigenvalue weighted by molar-refractivity contribution is 9.10. The Kier molecular flexibility index (Phi) is 4.64. The van der Waals surface area contributed by atoms with Crippen molar-refractivity contribution in [2.45, 2.75) is 12.5 Å². The van der Waals surface area contributed by atoms with Gasteiger partial charge in [0.15, 0.2) is 0 Å². The van der Waals surface area contributed by atoms with Crippen LogP contribution in [0.25, 0.3) is 0 Å². The highest BCUT2D eigenvalue weighted by Crippen LogP contribution is 2.29. The number of aromatic nitrogens is 1. The first-order valence-corrected chi connectivity index (χ1v) is 8.37. The highest BCUT2D eigenvalue weighted by Gasteiger charge is 2.50. The molecule has 8 nitrogen and oxygen atoms in total. The molecule has 0 radical (unpaired) electrons. The van der Waals surface area contributed by atoms with Crippen LogP contribution in [0.4, 0.5) is 4.79 Å². The van der Waals surface area contributed by atoms with Crippen molar-refractivity contribution in [2.24, 2.45) is 0 Å². The third-order valence-corrected chi connectivity index (χ3v) is 4.47. The van der Waals surface area contributed by atoms with E-state index in [4.69, 9.17) is 4.74 Å². The van der Waals surface area contributed by atoms with Crippen LogP contribution in [0.2, 0.25) is 0 Å². The lowest BCUT2D eigenvalue weighted by Gasteiger charge is -2.22. The van der Waals surface area contributed by atoms with Crippen LogP contribution in [0.1, 0.15) is 22.8 Å². The second-order valence-corrected chi connectivity index (χ2v) is 6.67. The van der Waals surface area contributed by atoms with Gasteiger partial charge in [0, 0.05) is 16.9 Å². The number of nitrogens with zero attached hydrogens (tertiary/aromatic N) is 2. The van der Waals surface area contributed by atoms with Crippen LogP contribution in [-0.2, 0) is 10.3 Å². The zero-order valence-electron chi connectivity index (χ0n) is 13.9. The molecule has 2 N–H and O–H groups in total. The summed E-state index contributed by atoms with van der Waals surface area (Å²) in [6, 6.07) is 7.55. The summed E-state index contributed by atoms with van der Waals surface area (Å²) in [7, 11) is 1.53. The van der Waals surface area contributed by atoms with Crippen molar-refractivity contribution in [3.63, 3.8) is 0 Å². The lowest BCUT2D eigenvalue weighted by atomic mass is 9.92. The van der Waals surface area contributed by atoms with Gasteiger partial charge in [-0.25, -0.2) is 4.79 Å². The summed E-state index contributed by atoms with van der Waals surface area (Å²) in [6.45, 7) is 1.57. The summed E-state index contributed by atoms with van der Waals surface area (Å²) in [5, 5.41) is 3.28. The van der Waals surface area contributed by atoms with Gasteiger partial charge in [0.2, 0.25) is 0 Å². The standard InChI is InChI=1S/C17H15BrN4O4/c1-17(11-3-5-13(26-2)6-4-11)15(24)22(16(25)20-17)21-14(23)10-7-12(18)9-19-8-10/h3-9H,1-2H3,(H,20,25)(H,21,23)/t17-/m0/s1. The Bertz CT molecular complexity index is 887.